The lowest BCUT2D eigenvalue weighted by molar-refractivity contribution is 0.0953. The number of nitrogens with zero attached hydrogens (tertiary/aromatic N) is 2. The Labute approximate surface area is 98.7 Å². The van der Waals surface area contributed by atoms with E-state index in [0.29, 0.717) is 11.4 Å². The van der Waals surface area contributed by atoms with Gasteiger partial charge in [-0.2, -0.15) is 0 Å². The summed E-state index contributed by atoms with van der Waals surface area (Å²) in [6, 6.07) is 7.85. The normalized spacial score (nSPS) is 10.0. The van der Waals surface area contributed by atoms with Gasteiger partial charge in [-0.25, -0.2) is 15.8 Å². The molecule has 0 fully saturated rings. The topological polar surface area (TPSA) is 80.9 Å². The summed E-state index contributed by atoms with van der Waals surface area (Å²) in [6.45, 7) is 2.01. The quantitative estimate of drug-likeness (QED) is 0.457. The third-order valence-corrected chi connectivity index (χ3v) is 2.35. The molecule has 86 valence electrons. The van der Waals surface area contributed by atoms with Crippen LogP contribution in [-0.2, 0) is 0 Å². The number of rotatable bonds is 2. The molecular weight excluding hydrogens is 216 g/mol. The highest BCUT2D eigenvalue weighted by atomic mass is 16.2. The zero-order valence-corrected chi connectivity index (χ0v) is 9.34. The second kappa shape index (κ2) is 4.71. The maximum absolute atomic E-state index is 11.2. The first-order valence-corrected chi connectivity index (χ1v) is 5.11. The minimum Gasteiger partial charge on any atom is -0.290 e. The number of hydrogen-bond donors (Lipinski definition) is 2. The van der Waals surface area contributed by atoms with Gasteiger partial charge in [-0.1, -0.05) is 29.8 Å². The van der Waals surface area contributed by atoms with Crippen LogP contribution in [0, 0.1) is 6.92 Å². The monoisotopic (exact) mass is 228 g/mol. The predicted octanol–water partition coefficient (Wildman–Crippen LogP) is 1.06. The number of nitrogens with two attached hydrogens (primary N) is 1. The molecule has 0 unspecified atom stereocenters. The van der Waals surface area contributed by atoms with Crippen molar-refractivity contribution in [2.24, 2.45) is 5.84 Å². The fourth-order valence-corrected chi connectivity index (χ4v) is 1.38. The van der Waals surface area contributed by atoms with Crippen LogP contribution in [0.3, 0.4) is 0 Å². The van der Waals surface area contributed by atoms with Crippen LogP contribution in [0.2, 0.25) is 0 Å². The van der Waals surface area contributed by atoms with Gasteiger partial charge in [-0.05, 0) is 6.92 Å². The lowest BCUT2D eigenvalue weighted by Gasteiger charge is -2.02. The Kier molecular flexibility index (Phi) is 3.11. The number of carbonyl (C=O) groups is 1. The molecule has 0 bridgehead atoms. The van der Waals surface area contributed by atoms with Crippen LogP contribution in [0.25, 0.3) is 11.4 Å². The van der Waals surface area contributed by atoms with Crippen LogP contribution < -0.4 is 11.3 Å². The zero-order chi connectivity index (χ0) is 12.3. The summed E-state index contributed by atoms with van der Waals surface area (Å²) in [5.41, 5.74) is 4.45. The molecule has 1 aromatic carbocycles. The summed E-state index contributed by atoms with van der Waals surface area (Å²) in [5.74, 6) is 5.19. The summed E-state index contributed by atoms with van der Waals surface area (Å²) >= 11 is 0. The van der Waals surface area contributed by atoms with E-state index >= 15 is 0 Å². The van der Waals surface area contributed by atoms with Crippen LogP contribution in [0.4, 0.5) is 0 Å². The third-order valence-electron chi connectivity index (χ3n) is 2.35. The van der Waals surface area contributed by atoms with Crippen molar-refractivity contribution in [1.82, 2.24) is 15.4 Å². The molecular formula is C12H12N4O. The van der Waals surface area contributed by atoms with E-state index in [1.807, 2.05) is 36.6 Å². The number of carbonyl (C=O) groups excluding carboxylic acids is 1. The first-order chi connectivity index (χ1) is 8.20. The maximum Gasteiger partial charge on any atom is 0.268 e. The van der Waals surface area contributed by atoms with E-state index < -0.39 is 5.91 Å². The summed E-state index contributed by atoms with van der Waals surface area (Å²) in [5, 5.41) is 0. The molecule has 0 radical (unpaired) electrons. The molecule has 1 heterocycles. The zero-order valence-electron chi connectivity index (χ0n) is 9.34. The molecule has 0 saturated heterocycles. The minimum absolute atomic E-state index is 0.336. The van der Waals surface area contributed by atoms with Crippen molar-refractivity contribution in [3.05, 3.63) is 47.8 Å². The molecule has 5 nitrogen and oxygen atoms in total. The Morgan fingerprint density at radius 3 is 2.29 bits per heavy atom. The summed E-state index contributed by atoms with van der Waals surface area (Å²) in [7, 11) is 0. The minimum atomic E-state index is -0.402. The maximum atomic E-state index is 11.2. The Balaban J connectivity index is 2.29. The second-order valence-electron chi connectivity index (χ2n) is 3.63. The summed E-state index contributed by atoms with van der Waals surface area (Å²) < 4.78 is 0. The van der Waals surface area contributed by atoms with Gasteiger partial charge in [0.1, 0.15) is 0 Å². The lowest BCUT2D eigenvalue weighted by atomic mass is 10.1. The van der Waals surface area contributed by atoms with E-state index in [0.717, 1.165) is 5.56 Å². The standard InChI is InChI=1S/C12H12N4O/c1-8-2-4-9(5-3-8)11-14-6-10(7-15-11)12(17)16-13/h2-7H,13H2,1H3,(H,16,17). The Morgan fingerprint density at radius 2 is 1.76 bits per heavy atom. The van der Waals surface area contributed by atoms with E-state index in [1.165, 1.54) is 18.0 Å². The molecule has 0 aliphatic rings. The molecule has 2 rings (SSSR count). The van der Waals surface area contributed by atoms with Gasteiger partial charge in [0, 0.05) is 18.0 Å². The van der Waals surface area contributed by atoms with Gasteiger partial charge >= 0.3 is 0 Å². The molecule has 0 atom stereocenters. The van der Waals surface area contributed by atoms with Crippen molar-refractivity contribution < 1.29 is 4.79 Å². The van der Waals surface area contributed by atoms with E-state index in [9.17, 15) is 4.79 Å². The second-order valence-corrected chi connectivity index (χ2v) is 3.63. The molecule has 0 aliphatic heterocycles. The van der Waals surface area contributed by atoms with Crippen LogP contribution in [0.1, 0.15) is 15.9 Å². The Bertz CT molecular complexity index is 519. The number of benzene rings is 1. The van der Waals surface area contributed by atoms with Gasteiger partial charge in [0.05, 0.1) is 5.56 Å². The molecule has 5 heteroatoms. The fraction of sp³-hybridized carbons (Fsp3) is 0.0833. The SMILES string of the molecule is Cc1ccc(-c2ncc(C(=O)NN)cn2)cc1. The molecule has 17 heavy (non-hydrogen) atoms. The van der Waals surface area contributed by atoms with Crippen molar-refractivity contribution in [1.29, 1.82) is 0 Å². The highest BCUT2D eigenvalue weighted by Gasteiger charge is 2.05. The molecule has 1 amide bonds. The number of nitrogens with one attached hydrogen (secondary N) is 1. The Morgan fingerprint density at radius 1 is 1.18 bits per heavy atom. The van der Waals surface area contributed by atoms with Crippen molar-refractivity contribution in [2.75, 3.05) is 0 Å². The number of hydrazine groups is 1. The average Bonchev–Trinajstić information content (AvgIpc) is 2.39. The first-order valence-electron chi connectivity index (χ1n) is 5.11. The van der Waals surface area contributed by atoms with E-state index in [2.05, 4.69) is 9.97 Å². The molecule has 0 saturated carbocycles. The van der Waals surface area contributed by atoms with Crippen molar-refractivity contribution in [2.45, 2.75) is 6.92 Å². The van der Waals surface area contributed by atoms with E-state index in [4.69, 9.17) is 5.84 Å². The average molecular weight is 228 g/mol. The number of aryl methyl sites for hydroxylation is 1. The Hall–Kier alpha value is -2.27. The van der Waals surface area contributed by atoms with Crippen LogP contribution in [0.5, 0.6) is 0 Å². The summed E-state index contributed by atoms with van der Waals surface area (Å²) in [4.78, 5) is 19.4. The van der Waals surface area contributed by atoms with Gasteiger partial charge in [0.15, 0.2) is 5.82 Å². The molecule has 2 aromatic rings. The number of hydrogen-bond acceptors (Lipinski definition) is 4. The molecule has 3 N–H and O–H groups in total. The molecule has 0 aliphatic carbocycles. The number of amides is 1. The summed E-state index contributed by atoms with van der Waals surface area (Å²) in [6.07, 6.45) is 2.90. The number of nitrogen functional groups attached to an aromatic ring is 1. The van der Waals surface area contributed by atoms with Gasteiger partial charge < -0.3 is 0 Å². The number of aromatic nitrogens is 2. The van der Waals surface area contributed by atoms with Crippen LogP contribution in [0.15, 0.2) is 36.7 Å². The van der Waals surface area contributed by atoms with Gasteiger partial charge in [-0.3, -0.25) is 10.2 Å². The smallest absolute Gasteiger partial charge is 0.268 e. The van der Waals surface area contributed by atoms with Gasteiger partial charge in [0.25, 0.3) is 5.91 Å². The third kappa shape index (κ3) is 2.46. The van der Waals surface area contributed by atoms with Crippen molar-refractivity contribution >= 4 is 5.91 Å². The lowest BCUT2D eigenvalue weighted by Crippen LogP contribution is -2.30. The van der Waals surface area contributed by atoms with Gasteiger partial charge in [-0.15, -0.1) is 0 Å². The highest BCUT2D eigenvalue weighted by Crippen LogP contribution is 2.14. The van der Waals surface area contributed by atoms with Crippen molar-refractivity contribution in [3.63, 3.8) is 0 Å². The molecule has 1 aromatic heterocycles. The fourth-order valence-electron chi connectivity index (χ4n) is 1.38. The van der Waals surface area contributed by atoms with Crippen molar-refractivity contribution in [3.8, 4) is 11.4 Å². The van der Waals surface area contributed by atoms with Crippen LogP contribution in [-0.4, -0.2) is 15.9 Å². The molecule has 0 spiro atoms. The van der Waals surface area contributed by atoms with Crippen LogP contribution >= 0.6 is 0 Å². The van der Waals surface area contributed by atoms with E-state index in [1.54, 1.807) is 0 Å². The van der Waals surface area contributed by atoms with E-state index in [-0.39, 0.29) is 0 Å². The van der Waals surface area contributed by atoms with Gasteiger partial charge in [0.2, 0.25) is 0 Å². The largest absolute Gasteiger partial charge is 0.290 e. The highest BCUT2D eigenvalue weighted by molar-refractivity contribution is 5.93. The predicted molar refractivity (Wildman–Crippen MR) is 63.9 cm³/mol. The first kappa shape index (κ1) is 11.2.